The molecule has 0 aromatic rings. The number of nitrogens with one attached hydrogen (secondary N) is 1. The van der Waals surface area contributed by atoms with Crippen LogP contribution in [0.4, 0.5) is 0 Å². The Bertz CT molecular complexity index is 119. The first-order chi connectivity index (χ1) is 4.36. The molecule has 0 amide bonds. The van der Waals surface area contributed by atoms with Gasteiger partial charge in [-0.1, -0.05) is 0 Å². The van der Waals surface area contributed by atoms with Crippen molar-refractivity contribution in [3.05, 3.63) is 0 Å². The number of piperidine rings is 1. The number of fused-ring (bicyclic) bond motifs is 2. The number of likely N-dealkylation sites (N-methyl/N-ethyl adjacent to an activating group) is 1. The van der Waals surface area contributed by atoms with Crippen LogP contribution in [0.2, 0.25) is 0 Å². The molecule has 0 radical (unpaired) electrons. The van der Waals surface area contributed by atoms with Crippen molar-refractivity contribution in [3.8, 4) is 0 Å². The van der Waals surface area contributed by atoms with E-state index >= 15 is 0 Å². The lowest BCUT2D eigenvalue weighted by atomic mass is 10.1. The van der Waals surface area contributed by atoms with Crippen LogP contribution in [0, 0.1) is 0 Å². The standard InChI is InChI=1S/C7H14N2.2ClH/c1-9-5-6-4-7(9)2-3-8-6;;/h6-8H,2-5H2,1H3;2*1H. The molecule has 2 saturated heterocycles. The molecule has 4 heteroatoms. The molecule has 0 aromatic carbocycles. The van der Waals surface area contributed by atoms with Crippen molar-refractivity contribution in [2.45, 2.75) is 24.9 Å². The Morgan fingerprint density at radius 3 is 2.64 bits per heavy atom. The normalized spacial score (nSPS) is 35.7. The Balaban J connectivity index is 0.000000500. The van der Waals surface area contributed by atoms with Gasteiger partial charge in [0.1, 0.15) is 0 Å². The molecular weight excluding hydrogens is 183 g/mol. The van der Waals surface area contributed by atoms with E-state index in [0.29, 0.717) is 0 Å². The second kappa shape index (κ2) is 4.51. The van der Waals surface area contributed by atoms with Crippen LogP contribution < -0.4 is 5.32 Å². The zero-order chi connectivity index (χ0) is 6.27. The van der Waals surface area contributed by atoms with Crippen LogP contribution in [-0.4, -0.2) is 37.1 Å². The molecule has 0 spiro atoms. The minimum atomic E-state index is 0. The Kier molecular flexibility index (Phi) is 4.71. The average Bonchev–Trinajstić information content (AvgIpc) is 2.09. The van der Waals surface area contributed by atoms with Gasteiger partial charge in [0.15, 0.2) is 0 Å². The first-order valence-electron chi connectivity index (χ1n) is 3.80. The molecule has 2 bridgehead atoms. The molecule has 2 fully saturated rings. The average molecular weight is 199 g/mol. The van der Waals surface area contributed by atoms with Crippen LogP contribution in [0.3, 0.4) is 0 Å². The van der Waals surface area contributed by atoms with Gasteiger partial charge in [-0.05, 0) is 26.4 Å². The molecular formula is C7H16Cl2N2. The summed E-state index contributed by atoms with van der Waals surface area (Å²) in [6.07, 6.45) is 2.74. The topological polar surface area (TPSA) is 15.3 Å². The second-order valence-corrected chi connectivity index (χ2v) is 3.27. The molecule has 0 aliphatic carbocycles. The molecule has 2 rings (SSSR count). The van der Waals surface area contributed by atoms with Gasteiger partial charge in [-0.25, -0.2) is 0 Å². The lowest BCUT2D eigenvalue weighted by Crippen LogP contribution is -2.34. The minimum Gasteiger partial charge on any atom is -0.313 e. The zero-order valence-corrected chi connectivity index (χ0v) is 8.38. The molecule has 2 unspecified atom stereocenters. The van der Waals surface area contributed by atoms with Crippen molar-refractivity contribution in [1.82, 2.24) is 10.2 Å². The summed E-state index contributed by atoms with van der Waals surface area (Å²) in [4.78, 5) is 2.48. The van der Waals surface area contributed by atoms with Gasteiger partial charge >= 0.3 is 0 Å². The van der Waals surface area contributed by atoms with E-state index in [1.54, 1.807) is 0 Å². The summed E-state index contributed by atoms with van der Waals surface area (Å²) >= 11 is 0. The van der Waals surface area contributed by atoms with E-state index in [2.05, 4.69) is 17.3 Å². The second-order valence-electron chi connectivity index (χ2n) is 3.27. The van der Waals surface area contributed by atoms with Gasteiger partial charge in [0.2, 0.25) is 0 Å². The molecule has 2 aliphatic heterocycles. The van der Waals surface area contributed by atoms with Crippen molar-refractivity contribution in [2.24, 2.45) is 0 Å². The Morgan fingerprint density at radius 2 is 2.09 bits per heavy atom. The third-order valence-electron chi connectivity index (χ3n) is 2.60. The summed E-state index contributed by atoms with van der Waals surface area (Å²) in [5, 5.41) is 3.50. The minimum absolute atomic E-state index is 0. The Labute approximate surface area is 80.5 Å². The maximum atomic E-state index is 3.50. The molecule has 0 aromatic heterocycles. The summed E-state index contributed by atoms with van der Waals surface area (Å²) in [7, 11) is 2.23. The summed E-state index contributed by atoms with van der Waals surface area (Å²) in [6, 6.07) is 1.71. The molecule has 2 nitrogen and oxygen atoms in total. The fourth-order valence-corrected chi connectivity index (χ4v) is 2.02. The third kappa shape index (κ3) is 2.22. The van der Waals surface area contributed by atoms with E-state index in [-0.39, 0.29) is 24.8 Å². The van der Waals surface area contributed by atoms with Crippen LogP contribution in [0.25, 0.3) is 0 Å². The highest BCUT2D eigenvalue weighted by Gasteiger charge is 2.31. The van der Waals surface area contributed by atoms with Gasteiger partial charge in [-0.3, -0.25) is 0 Å². The monoisotopic (exact) mass is 198 g/mol. The van der Waals surface area contributed by atoms with Gasteiger partial charge in [-0.2, -0.15) is 0 Å². The van der Waals surface area contributed by atoms with Crippen molar-refractivity contribution in [3.63, 3.8) is 0 Å². The van der Waals surface area contributed by atoms with Crippen LogP contribution in [0.5, 0.6) is 0 Å². The van der Waals surface area contributed by atoms with Gasteiger partial charge in [0.05, 0.1) is 0 Å². The summed E-state index contributed by atoms with van der Waals surface area (Å²) in [5.41, 5.74) is 0. The van der Waals surface area contributed by atoms with Crippen molar-refractivity contribution >= 4 is 24.8 Å². The smallest absolute Gasteiger partial charge is 0.0209 e. The fourth-order valence-electron chi connectivity index (χ4n) is 2.02. The van der Waals surface area contributed by atoms with E-state index in [0.717, 1.165) is 12.1 Å². The fraction of sp³-hybridized carbons (Fsp3) is 1.00. The molecule has 1 N–H and O–H groups in total. The SMILES string of the molecule is CN1CC2CC1CCN2.Cl.Cl. The first-order valence-corrected chi connectivity index (χ1v) is 3.80. The predicted octanol–water partition coefficient (Wildman–Crippen LogP) is 0.896. The number of likely N-dealkylation sites (tertiary alicyclic amines) is 1. The first kappa shape index (κ1) is 11.5. The van der Waals surface area contributed by atoms with Crippen molar-refractivity contribution in [1.29, 1.82) is 0 Å². The zero-order valence-electron chi connectivity index (χ0n) is 6.75. The lowest BCUT2D eigenvalue weighted by molar-refractivity contribution is 0.300. The summed E-state index contributed by atoms with van der Waals surface area (Å²) in [6.45, 7) is 2.50. The predicted molar refractivity (Wildman–Crippen MR) is 51.9 cm³/mol. The lowest BCUT2D eigenvalue weighted by Gasteiger charge is -2.20. The van der Waals surface area contributed by atoms with E-state index < -0.39 is 0 Å². The van der Waals surface area contributed by atoms with Crippen LogP contribution >= 0.6 is 24.8 Å². The Morgan fingerprint density at radius 1 is 1.36 bits per heavy atom. The summed E-state index contributed by atoms with van der Waals surface area (Å²) < 4.78 is 0. The molecule has 11 heavy (non-hydrogen) atoms. The van der Waals surface area contributed by atoms with E-state index in [1.807, 2.05) is 0 Å². The highest BCUT2D eigenvalue weighted by atomic mass is 35.5. The van der Waals surface area contributed by atoms with E-state index in [4.69, 9.17) is 0 Å². The number of hydrogen-bond donors (Lipinski definition) is 1. The van der Waals surface area contributed by atoms with Gasteiger partial charge in [0.25, 0.3) is 0 Å². The molecule has 2 aliphatic rings. The third-order valence-corrected chi connectivity index (χ3v) is 2.60. The Hall–Kier alpha value is 0.500. The number of rotatable bonds is 0. The largest absolute Gasteiger partial charge is 0.313 e. The quantitative estimate of drug-likeness (QED) is 0.623. The van der Waals surface area contributed by atoms with Crippen molar-refractivity contribution < 1.29 is 0 Å². The number of halogens is 2. The van der Waals surface area contributed by atoms with E-state index in [9.17, 15) is 0 Å². The maximum Gasteiger partial charge on any atom is 0.0209 e. The van der Waals surface area contributed by atoms with Crippen LogP contribution in [-0.2, 0) is 0 Å². The molecule has 2 atom stereocenters. The molecule has 68 valence electrons. The van der Waals surface area contributed by atoms with Crippen LogP contribution in [0.1, 0.15) is 12.8 Å². The summed E-state index contributed by atoms with van der Waals surface area (Å²) in [5.74, 6) is 0. The van der Waals surface area contributed by atoms with Gasteiger partial charge in [0, 0.05) is 18.6 Å². The van der Waals surface area contributed by atoms with Gasteiger partial charge < -0.3 is 10.2 Å². The highest BCUT2D eigenvalue weighted by Crippen LogP contribution is 2.21. The van der Waals surface area contributed by atoms with E-state index in [1.165, 1.54) is 25.9 Å². The molecule has 0 saturated carbocycles. The van der Waals surface area contributed by atoms with Crippen molar-refractivity contribution in [2.75, 3.05) is 20.1 Å². The number of nitrogens with zero attached hydrogens (tertiary/aromatic N) is 1. The van der Waals surface area contributed by atoms with Gasteiger partial charge in [-0.15, -0.1) is 24.8 Å². The highest BCUT2D eigenvalue weighted by molar-refractivity contribution is 5.85. The maximum absolute atomic E-state index is 3.50. The number of hydrogen-bond acceptors (Lipinski definition) is 2. The molecule has 2 heterocycles. The van der Waals surface area contributed by atoms with Crippen LogP contribution in [0.15, 0.2) is 0 Å².